The van der Waals surface area contributed by atoms with Gasteiger partial charge in [-0.05, 0) is 28.7 Å². The number of benzene rings is 2. The van der Waals surface area contributed by atoms with Crippen LogP contribution in [0.2, 0.25) is 0 Å². The normalized spacial score (nSPS) is 12.8. The molecule has 0 unspecified atom stereocenters. The van der Waals surface area contributed by atoms with Crippen molar-refractivity contribution < 1.29 is 9.53 Å². The highest BCUT2D eigenvalue weighted by Gasteiger charge is 2.27. The van der Waals surface area contributed by atoms with Crippen molar-refractivity contribution in [3.05, 3.63) is 59.7 Å². The Kier molecular flexibility index (Phi) is 3.75. The van der Waals surface area contributed by atoms with Gasteiger partial charge in [-0.15, -0.1) is 11.6 Å². The first-order chi connectivity index (χ1) is 9.81. The lowest BCUT2D eigenvalue weighted by Crippen LogP contribution is -2.09. The van der Waals surface area contributed by atoms with E-state index in [-0.39, 0.29) is 11.8 Å². The van der Waals surface area contributed by atoms with Gasteiger partial charge in [-0.25, -0.2) is 0 Å². The second-order valence-corrected chi connectivity index (χ2v) is 5.14. The highest BCUT2D eigenvalue weighted by molar-refractivity contribution is 6.26. The second kappa shape index (κ2) is 5.68. The molecule has 0 atom stereocenters. The van der Waals surface area contributed by atoms with Crippen LogP contribution in [-0.4, -0.2) is 18.5 Å². The van der Waals surface area contributed by atoms with E-state index in [1.54, 1.807) is 0 Å². The number of hydrogen-bond acceptors (Lipinski definition) is 2. The molecule has 0 N–H and O–H groups in total. The van der Waals surface area contributed by atoms with E-state index in [4.69, 9.17) is 16.3 Å². The van der Waals surface area contributed by atoms with Crippen molar-refractivity contribution in [3.8, 4) is 11.1 Å². The highest BCUT2D eigenvalue weighted by atomic mass is 35.5. The van der Waals surface area contributed by atoms with Crippen molar-refractivity contribution in [3.63, 3.8) is 0 Å². The molecule has 3 rings (SSSR count). The van der Waals surface area contributed by atoms with Crippen LogP contribution in [0.1, 0.15) is 23.5 Å². The minimum atomic E-state index is -0.355. The smallest absolute Gasteiger partial charge is 0.320 e. The maximum atomic E-state index is 11.1. The van der Waals surface area contributed by atoms with Crippen LogP contribution in [-0.2, 0) is 9.53 Å². The van der Waals surface area contributed by atoms with Crippen LogP contribution in [0.4, 0.5) is 0 Å². The van der Waals surface area contributed by atoms with E-state index in [2.05, 4.69) is 48.5 Å². The number of alkyl halides is 1. The summed E-state index contributed by atoms with van der Waals surface area (Å²) < 4.78 is 5.11. The molecule has 102 valence electrons. The quantitative estimate of drug-likeness (QED) is 0.628. The van der Waals surface area contributed by atoms with Gasteiger partial charge in [-0.1, -0.05) is 48.5 Å². The number of fused-ring (bicyclic) bond motifs is 3. The molecule has 0 aromatic heterocycles. The Morgan fingerprint density at radius 1 is 1.00 bits per heavy atom. The van der Waals surface area contributed by atoms with Gasteiger partial charge in [0.25, 0.3) is 0 Å². The average Bonchev–Trinajstić information content (AvgIpc) is 2.82. The zero-order valence-corrected chi connectivity index (χ0v) is 11.8. The average molecular weight is 287 g/mol. The van der Waals surface area contributed by atoms with Crippen LogP contribution < -0.4 is 0 Å². The Morgan fingerprint density at radius 2 is 1.55 bits per heavy atom. The van der Waals surface area contributed by atoms with Crippen LogP contribution in [0.15, 0.2) is 48.5 Å². The van der Waals surface area contributed by atoms with Gasteiger partial charge in [0, 0.05) is 5.92 Å². The predicted octanol–water partition coefficient (Wildman–Crippen LogP) is 3.97. The van der Waals surface area contributed by atoms with Crippen LogP contribution in [0.25, 0.3) is 11.1 Å². The van der Waals surface area contributed by atoms with Crippen LogP contribution in [0.3, 0.4) is 0 Å². The van der Waals surface area contributed by atoms with Crippen molar-refractivity contribution in [2.45, 2.75) is 12.3 Å². The van der Waals surface area contributed by atoms with Crippen molar-refractivity contribution in [1.29, 1.82) is 0 Å². The van der Waals surface area contributed by atoms with Gasteiger partial charge in [0.2, 0.25) is 0 Å². The molecule has 0 amide bonds. The molecule has 1 aliphatic carbocycles. The van der Waals surface area contributed by atoms with Gasteiger partial charge in [0.05, 0.1) is 6.61 Å². The van der Waals surface area contributed by atoms with Crippen LogP contribution in [0, 0.1) is 0 Å². The summed E-state index contributed by atoms with van der Waals surface area (Å²) in [6.45, 7) is 0.402. The fourth-order valence-corrected chi connectivity index (χ4v) is 2.98. The Balaban J connectivity index is 1.85. The molecule has 0 saturated heterocycles. The fourth-order valence-electron chi connectivity index (χ4n) is 2.90. The number of esters is 1. The Morgan fingerprint density at radius 3 is 2.10 bits per heavy atom. The third-order valence-corrected chi connectivity index (χ3v) is 3.96. The Bertz CT molecular complexity index is 591. The van der Waals surface area contributed by atoms with Gasteiger partial charge in [0.15, 0.2) is 0 Å². The molecule has 0 spiro atoms. The topological polar surface area (TPSA) is 26.3 Å². The molecule has 0 saturated carbocycles. The molecular weight excluding hydrogens is 272 g/mol. The highest BCUT2D eigenvalue weighted by Crippen LogP contribution is 2.45. The lowest BCUT2D eigenvalue weighted by molar-refractivity contribution is -0.140. The SMILES string of the molecule is O=C(CCl)OCCC1c2ccccc2-c2ccccc21. The molecule has 2 nitrogen and oxygen atoms in total. The van der Waals surface area contributed by atoms with Gasteiger partial charge < -0.3 is 4.74 Å². The molecule has 0 heterocycles. The van der Waals surface area contributed by atoms with E-state index in [1.807, 2.05) is 0 Å². The second-order valence-electron chi connectivity index (χ2n) is 4.87. The molecule has 2 aromatic rings. The summed E-state index contributed by atoms with van der Waals surface area (Å²) in [7, 11) is 0. The van der Waals surface area contributed by atoms with Crippen molar-refractivity contribution >= 4 is 17.6 Å². The van der Waals surface area contributed by atoms with E-state index in [9.17, 15) is 4.79 Å². The molecule has 0 fully saturated rings. The van der Waals surface area contributed by atoms with Crippen LogP contribution in [0.5, 0.6) is 0 Å². The van der Waals surface area contributed by atoms with Gasteiger partial charge >= 0.3 is 5.97 Å². The maximum absolute atomic E-state index is 11.1. The molecule has 20 heavy (non-hydrogen) atoms. The standard InChI is InChI=1S/C17H15ClO2/c18-11-17(19)20-10-9-16-14-7-3-1-5-12(14)13-6-2-4-8-15(13)16/h1-8,16H,9-11H2. The summed E-state index contributed by atoms with van der Waals surface area (Å²) in [4.78, 5) is 11.1. The van der Waals surface area contributed by atoms with Gasteiger partial charge in [0.1, 0.15) is 5.88 Å². The Labute approximate surface area is 123 Å². The van der Waals surface area contributed by atoms with Gasteiger partial charge in [-0.3, -0.25) is 4.79 Å². The van der Waals surface area contributed by atoms with Gasteiger partial charge in [-0.2, -0.15) is 0 Å². The third-order valence-electron chi connectivity index (χ3n) is 3.74. The number of ether oxygens (including phenoxy) is 1. The van der Waals surface area contributed by atoms with Crippen molar-refractivity contribution in [2.24, 2.45) is 0 Å². The number of carbonyl (C=O) groups is 1. The zero-order valence-electron chi connectivity index (χ0n) is 11.0. The van der Waals surface area contributed by atoms with E-state index in [0.29, 0.717) is 12.5 Å². The molecule has 2 aromatic carbocycles. The zero-order chi connectivity index (χ0) is 13.9. The minimum absolute atomic E-state index is 0.0855. The number of halogens is 1. The molecule has 3 heteroatoms. The summed E-state index contributed by atoms with van der Waals surface area (Å²) in [5.41, 5.74) is 5.21. The molecular formula is C17H15ClO2. The largest absolute Gasteiger partial charge is 0.465 e. The fraction of sp³-hybridized carbons (Fsp3) is 0.235. The first-order valence-electron chi connectivity index (χ1n) is 6.71. The van der Waals surface area contributed by atoms with E-state index in [0.717, 1.165) is 6.42 Å². The lowest BCUT2D eigenvalue weighted by Gasteiger charge is -2.13. The van der Waals surface area contributed by atoms with Crippen molar-refractivity contribution in [1.82, 2.24) is 0 Å². The van der Waals surface area contributed by atoms with Crippen LogP contribution >= 0.6 is 11.6 Å². The number of carbonyl (C=O) groups excluding carboxylic acids is 1. The monoisotopic (exact) mass is 286 g/mol. The number of rotatable bonds is 4. The lowest BCUT2D eigenvalue weighted by atomic mass is 9.94. The summed E-state index contributed by atoms with van der Waals surface area (Å²) >= 11 is 5.44. The minimum Gasteiger partial charge on any atom is -0.465 e. The summed E-state index contributed by atoms with van der Waals surface area (Å²) in [6, 6.07) is 16.9. The first-order valence-corrected chi connectivity index (χ1v) is 7.24. The van der Waals surface area contributed by atoms with Crippen molar-refractivity contribution in [2.75, 3.05) is 12.5 Å². The first kappa shape index (κ1) is 13.2. The molecule has 0 bridgehead atoms. The van der Waals surface area contributed by atoms with E-state index in [1.165, 1.54) is 22.3 Å². The molecule has 0 radical (unpaired) electrons. The molecule has 0 aliphatic heterocycles. The summed E-state index contributed by atoms with van der Waals surface area (Å²) in [6.07, 6.45) is 0.788. The molecule has 1 aliphatic rings. The third kappa shape index (κ3) is 2.32. The predicted molar refractivity (Wildman–Crippen MR) is 80.0 cm³/mol. The number of hydrogen-bond donors (Lipinski definition) is 0. The van der Waals surface area contributed by atoms with E-state index < -0.39 is 0 Å². The Hall–Kier alpha value is -1.80. The summed E-state index contributed by atoms with van der Waals surface area (Å²) in [5.74, 6) is -0.144. The van der Waals surface area contributed by atoms with E-state index >= 15 is 0 Å². The maximum Gasteiger partial charge on any atom is 0.320 e. The summed E-state index contributed by atoms with van der Waals surface area (Å²) in [5, 5.41) is 0.